The number of ketones is 1. The molecule has 1 unspecified atom stereocenters. The minimum Gasteiger partial charge on any atom is -0.512 e. The van der Waals surface area contributed by atoms with E-state index >= 15 is 0 Å². The summed E-state index contributed by atoms with van der Waals surface area (Å²) in [5, 5.41) is 11.0. The molecular formula is C29H36IrNO2-. The third kappa shape index (κ3) is 6.85. The number of aliphatic hydroxyl groups excluding tert-OH is 1. The SMILES string of the molecule is CC(=O)C=C(C)O.CC(c1cnc(-c2[c-]cccc2)c2ccccc12)C1(C)CCCCC1.[2HH].[Ir]. The van der Waals surface area contributed by atoms with Crippen LogP contribution < -0.4 is 0 Å². The van der Waals surface area contributed by atoms with E-state index in [0.717, 1.165) is 11.3 Å². The molecule has 3 nitrogen and oxygen atoms in total. The Hall–Kier alpha value is -2.29. The summed E-state index contributed by atoms with van der Waals surface area (Å²) in [6, 6.07) is 20.2. The number of carbonyl (C=O) groups excluding carboxylic acids is 1. The minimum absolute atomic E-state index is 0. The van der Waals surface area contributed by atoms with Crippen LogP contribution in [0.3, 0.4) is 0 Å². The van der Waals surface area contributed by atoms with Gasteiger partial charge in [-0.1, -0.05) is 57.4 Å². The molecule has 1 atom stereocenters. The third-order valence-electron chi connectivity index (χ3n) is 6.71. The summed E-state index contributed by atoms with van der Waals surface area (Å²) in [5.74, 6) is 0.464. The van der Waals surface area contributed by atoms with Crippen molar-refractivity contribution in [1.29, 1.82) is 0 Å². The molecule has 4 rings (SSSR count). The van der Waals surface area contributed by atoms with E-state index in [-0.39, 0.29) is 33.1 Å². The number of allylic oxidation sites excluding steroid dienone is 2. The van der Waals surface area contributed by atoms with Crippen LogP contribution in [-0.2, 0) is 24.9 Å². The summed E-state index contributed by atoms with van der Waals surface area (Å²) < 4.78 is 0. The number of rotatable bonds is 4. The minimum atomic E-state index is -0.125. The van der Waals surface area contributed by atoms with Crippen molar-refractivity contribution in [2.75, 3.05) is 0 Å². The molecule has 33 heavy (non-hydrogen) atoms. The van der Waals surface area contributed by atoms with Crippen molar-refractivity contribution in [3.63, 3.8) is 0 Å². The Morgan fingerprint density at radius 3 is 2.27 bits per heavy atom. The van der Waals surface area contributed by atoms with Gasteiger partial charge in [-0.3, -0.25) is 4.79 Å². The maximum atomic E-state index is 10.0. The van der Waals surface area contributed by atoms with Gasteiger partial charge in [0.1, 0.15) is 0 Å². The van der Waals surface area contributed by atoms with Crippen molar-refractivity contribution in [3.8, 4) is 11.3 Å². The Morgan fingerprint density at radius 1 is 1.09 bits per heavy atom. The van der Waals surface area contributed by atoms with Crippen LogP contribution in [0.2, 0.25) is 0 Å². The zero-order valence-electron chi connectivity index (χ0n) is 20.0. The fourth-order valence-electron chi connectivity index (χ4n) is 4.78. The normalized spacial score (nSPS) is 16.2. The van der Waals surface area contributed by atoms with E-state index in [2.05, 4.69) is 62.5 Å². The summed E-state index contributed by atoms with van der Waals surface area (Å²) in [7, 11) is 0. The van der Waals surface area contributed by atoms with Crippen LogP contribution in [0.1, 0.15) is 72.7 Å². The molecule has 4 heteroatoms. The predicted molar refractivity (Wildman–Crippen MR) is 135 cm³/mol. The van der Waals surface area contributed by atoms with Gasteiger partial charge < -0.3 is 10.1 Å². The van der Waals surface area contributed by atoms with Gasteiger partial charge in [0.25, 0.3) is 0 Å². The molecular weight excluding hydrogens is 587 g/mol. The van der Waals surface area contributed by atoms with Crippen LogP contribution in [0.25, 0.3) is 22.0 Å². The van der Waals surface area contributed by atoms with Crippen LogP contribution in [0.15, 0.2) is 66.6 Å². The molecule has 2 aromatic carbocycles. The molecule has 1 heterocycles. The molecule has 1 aromatic heterocycles. The number of aromatic nitrogens is 1. The maximum absolute atomic E-state index is 10.0. The van der Waals surface area contributed by atoms with Crippen molar-refractivity contribution in [2.45, 2.75) is 65.7 Å². The van der Waals surface area contributed by atoms with Crippen LogP contribution >= 0.6 is 0 Å². The first kappa shape index (κ1) is 27.0. The van der Waals surface area contributed by atoms with Gasteiger partial charge >= 0.3 is 0 Å². The Kier molecular flexibility index (Phi) is 10.0. The van der Waals surface area contributed by atoms with Gasteiger partial charge in [0.2, 0.25) is 0 Å². The van der Waals surface area contributed by atoms with Crippen LogP contribution in [0.4, 0.5) is 0 Å². The molecule has 0 amide bonds. The van der Waals surface area contributed by atoms with Gasteiger partial charge in [-0.25, -0.2) is 0 Å². The van der Waals surface area contributed by atoms with E-state index < -0.39 is 0 Å². The quantitative estimate of drug-likeness (QED) is 0.182. The van der Waals surface area contributed by atoms with Crippen molar-refractivity contribution in [2.24, 2.45) is 5.41 Å². The van der Waals surface area contributed by atoms with E-state index in [0.29, 0.717) is 11.3 Å². The van der Waals surface area contributed by atoms with E-state index in [1.807, 2.05) is 12.1 Å². The van der Waals surface area contributed by atoms with Gasteiger partial charge in [0.05, 0.1) is 5.76 Å². The summed E-state index contributed by atoms with van der Waals surface area (Å²) in [6.07, 6.45) is 10.1. The average molecular weight is 624 g/mol. The van der Waals surface area contributed by atoms with E-state index in [9.17, 15) is 4.79 Å². The number of fused-ring (bicyclic) bond motifs is 1. The molecule has 0 spiro atoms. The first-order valence-electron chi connectivity index (χ1n) is 11.5. The number of aliphatic hydroxyl groups is 1. The zero-order chi connectivity index (χ0) is 23.1. The Bertz CT molecular complexity index is 1090. The number of benzene rings is 2. The molecule has 1 aliphatic carbocycles. The molecule has 1 aliphatic rings. The number of hydrogen-bond acceptors (Lipinski definition) is 3. The predicted octanol–water partition coefficient (Wildman–Crippen LogP) is 8.06. The molecule has 1 fully saturated rings. The molecule has 3 aromatic rings. The van der Waals surface area contributed by atoms with E-state index in [1.165, 1.54) is 68.4 Å². The summed E-state index contributed by atoms with van der Waals surface area (Å²) in [4.78, 5) is 14.9. The largest absolute Gasteiger partial charge is 0.512 e. The fourth-order valence-corrected chi connectivity index (χ4v) is 4.78. The standard InChI is InChI=1S/C24H26N.C5H8O2.Ir.H2/c1-18(24(2)15-9-4-10-16-24)22-17-25-23(19-11-5-3-6-12-19)21-14-8-7-13-20(21)22;1-4(6)3-5(2)7;;/h3,5-8,11,13-14,17-18H,4,9-10,15-16H2,1-2H3;3,6H,1-2H3;;1H/q-1;;;/i;;;1+1. The van der Waals surface area contributed by atoms with Crippen molar-refractivity contribution in [3.05, 3.63) is 78.2 Å². The summed E-state index contributed by atoms with van der Waals surface area (Å²) >= 11 is 0. The van der Waals surface area contributed by atoms with Crippen LogP contribution in [-0.4, -0.2) is 15.9 Å². The van der Waals surface area contributed by atoms with Gasteiger partial charge in [-0.05, 0) is 60.1 Å². The molecule has 1 saturated carbocycles. The topological polar surface area (TPSA) is 50.2 Å². The van der Waals surface area contributed by atoms with Crippen molar-refractivity contribution >= 4 is 16.6 Å². The number of hydrogen-bond donors (Lipinski definition) is 1. The molecule has 1 radical (unpaired) electrons. The molecule has 179 valence electrons. The summed E-state index contributed by atoms with van der Waals surface area (Å²) in [6.45, 7) is 7.73. The van der Waals surface area contributed by atoms with Gasteiger partial charge in [0.15, 0.2) is 5.78 Å². The molecule has 0 saturated heterocycles. The zero-order valence-corrected chi connectivity index (χ0v) is 22.4. The monoisotopic (exact) mass is 624 g/mol. The second kappa shape index (κ2) is 12.3. The van der Waals surface area contributed by atoms with Crippen molar-refractivity contribution in [1.82, 2.24) is 4.98 Å². The van der Waals surface area contributed by atoms with E-state index in [4.69, 9.17) is 10.1 Å². The summed E-state index contributed by atoms with van der Waals surface area (Å²) in [5.41, 5.74) is 3.91. The van der Waals surface area contributed by atoms with Gasteiger partial charge in [-0.2, -0.15) is 0 Å². The first-order valence-corrected chi connectivity index (χ1v) is 11.5. The second-order valence-electron chi connectivity index (χ2n) is 9.22. The number of carbonyl (C=O) groups is 1. The smallest absolute Gasteiger partial charge is 0.155 e. The number of pyridine rings is 1. The molecule has 1 N–H and O–H groups in total. The maximum Gasteiger partial charge on any atom is 0.155 e. The fraction of sp³-hybridized carbons (Fsp3) is 0.379. The molecule has 0 bridgehead atoms. The van der Waals surface area contributed by atoms with Crippen LogP contribution in [0, 0.1) is 11.5 Å². The van der Waals surface area contributed by atoms with Crippen LogP contribution in [0.5, 0.6) is 0 Å². The second-order valence-corrected chi connectivity index (χ2v) is 9.22. The Morgan fingerprint density at radius 2 is 1.73 bits per heavy atom. The van der Waals surface area contributed by atoms with Crippen molar-refractivity contribution < 1.29 is 31.4 Å². The molecule has 0 aliphatic heterocycles. The third-order valence-corrected chi connectivity index (χ3v) is 6.71. The van der Waals surface area contributed by atoms with Gasteiger partial charge in [-0.15, -0.1) is 35.9 Å². The average Bonchev–Trinajstić information content (AvgIpc) is 2.78. The first-order chi connectivity index (χ1) is 15.3. The van der Waals surface area contributed by atoms with Gasteiger partial charge in [0, 0.05) is 33.8 Å². The van der Waals surface area contributed by atoms with E-state index in [1.54, 1.807) is 0 Å². The Labute approximate surface area is 213 Å². The Balaban J connectivity index is 0.000000567. The number of nitrogens with zero attached hydrogens (tertiary/aromatic N) is 1.